The quantitative estimate of drug-likeness (QED) is 0.475. The van der Waals surface area contributed by atoms with E-state index in [1.807, 2.05) is 11.3 Å². The SMILES string of the molecule is CCCC[Te]c1ccc(C#CC2(O)CCCCC2)s1. The molecule has 0 atom stereocenters. The normalized spacial score (nSPS) is 17.8. The van der Waals surface area contributed by atoms with E-state index in [0.29, 0.717) is 0 Å². The van der Waals surface area contributed by atoms with Crippen LogP contribution in [0.2, 0.25) is 4.47 Å². The monoisotopic (exact) mass is 392 g/mol. The van der Waals surface area contributed by atoms with Gasteiger partial charge in [0.1, 0.15) is 0 Å². The molecular formula is C16H22OSTe. The molecule has 2 rings (SSSR count). The third-order valence-corrected chi connectivity index (χ3v) is 8.33. The Morgan fingerprint density at radius 3 is 2.84 bits per heavy atom. The standard InChI is InChI=1S/C16H22OSTe/c1-2-3-13-19-15-8-7-14(18-15)9-12-16(17)10-5-4-6-11-16/h7-8,17H,2-6,10-11,13H2,1H3. The Labute approximate surface area is 130 Å². The first-order valence-corrected chi connectivity index (χ1v) is 10.8. The summed E-state index contributed by atoms with van der Waals surface area (Å²) in [5.41, 5.74) is -0.707. The van der Waals surface area contributed by atoms with Crippen LogP contribution in [0.15, 0.2) is 12.1 Å². The van der Waals surface area contributed by atoms with Crippen molar-refractivity contribution in [2.45, 2.75) is 61.9 Å². The van der Waals surface area contributed by atoms with Gasteiger partial charge in [-0.15, -0.1) is 0 Å². The molecule has 3 heteroatoms. The van der Waals surface area contributed by atoms with Gasteiger partial charge in [0.05, 0.1) is 0 Å². The van der Waals surface area contributed by atoms with Crippen LogP contribution in [0.1, 0.15) is 56.7 Å². The molecule has 0 spiro atoms. The van der Waals surface area contributed by atoms with Gasteiger partial charge in [0.2, 0.25) is 0 Å². The molecule has 0 aromatic carbocycles. The van der Waals surface area contributed by atoms with Crippen LogP contribution in [0, 0.1) is 11.8 Å². The van der Waals surface area contributed by atoms with E-state index in [1.165, 1.54) is 23.7 Å². The Hall–Kier alpha value is 0.00961. The van der Waals surface area contributed by atoms with Gasteiger partial charge in [-0.2, -0.15) is 0 Å². The van der Waals surface area contributed by atoms with E-state index >= 15 is 0 Å². The van der Waals surface area contributed by atoms with E-state index in [-0.39, 0.29) is 20.9 Å². The average molecular weight is 390 g/mol. The van der Waals surface area contributed by atoms with Crippen molar-refractivity contribution in [1.82, 2.24) is 0 Å². The van der Waals surface area contributed by atoms with E-state index in [4.69, 9.17) is 0 Å². The van der Waals surface area contributed by atoms with E-state index in [2.05, 4.69) is 30.9 Å². The van der Waals surface area contributed by atoms with Gasteiger partial charge in [-0.25, -0.2) is 0 Å². The molecule has 104 valence electrons. The molecule has 1 aromatic rings. The third-order valence-electron chi connectivity index (χ3n) is 3.42. The third kappa shape index (κ3) is 5.13. The second-order valence-corrected chi connectivity index (χ2v) is 10.3. The van der Waals surface area contributed by atoms with Gasteiger partial charge < -0.3 is 0 Å². The van der Waals surface area contributed by atoms with Crippen LogP contribution in [-0.4, -0.2) is 31.6 Å². The molecule has 0 saturated heterocycles. The van der Waals surface area contributed by atoms with E-state index in [1.54, 1.807) is 2.93 Å². The van der Waals surface area contributed by atoms with Crippen molar-refractivity contribution in [1.29, 1.82) is 0 Å². The summed E-state index contributed by atoms with van der Waals surface area (Å²) in [7, 11) is 0. The Morgan fingerprint density at radius 2 is 2.11 bits per heavy atom. The molecule has 1 heterocycles. The molecule has 19 heavy (non-hydrogen) atoms. The van der Waals surface area contributed by atoms with Crippen molar-refractivity contribution in [3.8, 4) is 11.8 Å². The molecule has 0 unspecified atom stereocenters. The van der Waals surface area contributed by atoms with Crippen molar-refractivity contribution < 1.29 is 5.11 Å². The van der Waals surface area contributed by atoms with Gasteiger partial charge in [0, 0.05) is 0 Å². The van der Waals surface area contributed by atoms with Gasteiger partial charge in [0.15, 0.2) is 0 Å². The second-order valence-electron chi connectivity index (χ2n) is 5.16. The molecule has 1 aliphatic carbocycles. The summed E-state index contributed by atoms with van der Waals surface area (Å²) < 4.78 is 2.96. The summed E-state index contributed by atoms with van der Waals surface area (Å²) in [6, 6.07) is 4.38. The molecular weight excluding hydrogens is 368 g/mol. The molecule has 0 amide bonds. The van der Waals surface area contributed by atoms with Gasteiger partial charge in [-0.3, -0.25) is 0 Å². The fraction of sp³-hybridized carbons (Fsp3) is 0.625. The zero-order valence-corrected chi connectivity index (χ0v) is 14.7. The van der Waals surface area contributed by atoms with Crippen LogP contribution < -0.4 is 2.93 Å². The second kappa shape index (κ2) is 7.70. The first kappa shape index (κ1) is 15.4. The number of hydrogen-bond donors (Lipinski definition) is 1. The topological polar surface area (TPSA) is 20.2 Å². The van der Waals surface area contributed by atoms with Crippen molar-refractivity contribution >= 4 is 35.2 Å². The Morgan fingerprint density at radius 1 is 1.32 bits per heavy atom. The summed E-state index contributed by atoms with van der Waals surface area (Å²) in [5.74, 6) is 6.33. The maximum absolute atomic E-state index is 10.4. The molecule has 1 N–H and O–H groups in total. The summed E-state index contributed by atoms with van der Waals surface area (Å²) >= 11 is 1.85. The Bertz CT molecular complexity index is 449. The fourth-order valence-electron chi connectivity index (χ4n) is 2.22. The first-order chi connectivity index (χ1) is 9.22. The molecule has 1 saturated carbocycles. The number of hydrogen-bond acceptors (Lipinski definition) is 2. The van der Waals surface area contributed by atoms with E-state index in [0.717, 1.165) is 30.6 Å². The summed E-state index contributed by atoms with van der Waals surface area (Å²) in [4.78, 5) is 1.13. The summed E-state index contributed by atoms with van der Waals surface area (Å²) in [5, 5.41) is 10.4. The number of thiophene rings is 1. The minimum atomic E-state index is -0.707. The van der Waals surface area contributed by atoms with Gasteiger partial charge >= 0.3 is 131 Å². The van der Waals surface area contributed by atoms with E-state index in [9.17, 15) is 5.11 Å². The molecule has 1 aromatic heterocycles. The molecule has 1 aliphatic rings. The first-order valence-electron chi connectivity index (χ1n) is 7.20. The summed E-state index contributed by atoms with van der Waals surface area (Å²) in [6.45, 7) is 2.25. The predicted octanol–water partition coefficient (Wildman–Crippen LogP) is 3.34. The number of unbranched alkanes of at least 4 members (excludes halogenated alkanes) is 1. The van der Waals surface area contributed by atoms with Crippen LogP contribution >= 0.6 is 11.3 Å². The predicted molar refractivity (Wildman–Crippen MR) is 84.3 cm³/mol. The Balaban J connectivity index is 1.92. The number of aliphatic hydroxyl groups is 1. The zero-order chi connectivity index (χ0) is 13.6. The van der Waals surface area contributed by atoms with Gasteiger partial charge in [-0.05, 0) is 0 Å². The number of rotatable bonds is 4. The molecule has 0 radical (unpaired) electrons. The van der Waals surface area contributed by atoms with Gasteiger partial charge in [0.25, 0.3) is 0 Å². The van der Waals surface area contributed by atoms with E-state index < -0.39 is 5.60 Å². The van der Waals surface area contributed by atoms with Crippen molar-refractivity contribution in [3.63, 3.8) is 0 Å². The molecule has 1 fully saturated rings. The molecule has 0 aliphatic heterocycles. The minimum absolute atomic E-state index is 0.0112. The van der Waals surface area contributed by atoms with Gasteiger partial charge in [-0.1, -0.05) is 0 Å². The average Bonchev–Trinajstić information content (AvgIpc) is 2.86. The van der Waals surface area contributed by atoms with Crippen LogP contribution in [0.5, 0.6) is 0 Å². The van der Waals surface area contributed by atoms with Crippen molar-refractivity contribution in [2.24, 2.45) is 0 Å². The molecule has 0 bridgehead atoms. The van der Waals surface area contributed by atoms with Crippen LogP contribution in [0.3, 0.4) is 0 Å². The maximum atomic E-state index is 10.4. The summed E-state index contributed by atoms with van der Waals surface area (Å²) in [6.07, 6.45) is 7.84. The fourth-order valence-corrected chi connectivity index (χ4v) is 6.98. The molecule has 1 nitrogen and oxygen atoms in total. The van der Waals surface area contributed by atoms with Crippen LogP contribution in [-0.2, 0) is 0 Å². The zero-order valence-electron chi connectivity index (χ0n) is 11.6. The Kier molecular flexibility index (Phi) is 6.24. The van der Waals surface area contributed by atoms with Crippen LogP contribution in [0.4, 0.5) is 0 Å². The van der Waals surface area contributed by atoms with Crippen molar-refractivity contribution in [2.75, 3.05) is 0 Å². The van der Waals surface area contributed by atoms with Crippen molar-refractivity contribution in [3.05, 3.63) is 17.0 Å². The van der Waals surface area contributed by atoms with Crippen LogP contribution in [0.25, 0.3) is 0 Å².